The van der Waals surface area contributed by atoms with E-state index in [2.05, 4.69) is 27.7 Å². The molecular formula is C13H23NO. The Bertz CT molecular complexity index is 269. The maximum Gasteiger partial charge on any atom is 0.189 e. The van der Waals surface area contributed by atoms with Crippen molar-refractivity contribution in [3.05, 3.63) is 0 Å². The zero-order valence-corrected chi connectivity index (χ0v) is 10.5. The van der Waals surface area contributed by atoms with Crippen molar-refractivity contribution < 1.29 is 4.74 Å². The molecule has 0 aromatic heterocycles. The molecule has 1 fully saturated rings. The van der Waals surface area contributed by atoms with Crippen molar-refractivity contribution in [3.8, 4) is 0 Å². The van der Waals surface area contributed by atoms with Gasteiger partial charge in [-0.15, -0.1) is 0 Å². The van der Waals surface area contributed by atoms with Gasteiger partial charge in [0.1, 0.15) is 6.61 Å². The third-order valence-corrected chi connectivity index (χ3v) is 3.87. The second kappa shape index (κ2) is 3.50. The van der Waals surface area contributed by atoms with Gasteiger partial charge in [0, 0.05) is 5.41 Å². The van der Waals surface area contributed by atoms with E-state index in [9.17, 15) is 0 Å². The highest BCUT2D eigenvalue weighted by molar-refractivity contribution is 5.84. The third-order valence-electron chi connectivity index (χ3n) is 3.87. The lowest BCUT2D eigenvalue weighted by atomic mass is 9.87. The van der Waals surface area contributed by atoms with E-state index < -0.39 is 0 Å². The van der Waals surface area contributed by atoms with Crippen LogP contribution in [0.4, 0.5) is 0 Å². The van der Waals surface area contributed by atoms with E-state index >= 15 is 0 Å². The van der Waals surface area contributed by atoms with Gasteiger partial charge in [0.2, 0.25) is 0 Å². The van der Waals surface area contributed by atoms with Gasteiger partial charge in [0.05, 0.1) is 6.04 Å². The van der Waals surface area contributed by atoms with Crippen molar-refractivity contribution in [1.29, 1.82) is 0 Å². The summed E-state index contributed by atoms with van der Waals surface area (Å²) in [4.78, 5) is 4.81. The number of nitrogens with zero attached hydrogens (tertiary/aromatic N) is 1. The molecule has 0 unspecified atom stereocenters. The minimum absolute atomic E-state index is 0.233. The monoisotopic (exact) mass is 209 g/mol. The molecule has 0 amide bonds. The van der Waals surface area contributed by atoms with Gasteiger partial charge in [-0.25, -0.2) is 4.99 Å². The van der Waals surface area contributed by atoms with Crippen molar-refractivity contribution in [2.75, 3.05) is 6.61 Å². The standard InChI is InChI=1S/C13H23NO/c1-12(2,3)10-9-15-11(14-10)13(4)7-5-6-8-13/h10H,5-9H2,1-4H3/t10-/m1/s1. The van der Waals surface area contributed by atoms with Crippen molar-refractivity contribution in [1.82, 2.24) is 0 Å². The van der Waals surface area contributed by atoms with Crippen LogP contribution in [0.5, 0.6) is 0 Å². The van der Waals surface area contributed by atoms with Crippen molar-refractivity contribution in [3.63, 3.8) is 0 Å². The van der Waals surface area contributed by atoms with E-state index in [1.807, 2.05) is 0 Å². The van der Waals surface area contributed by atoms with Crippen LogP contribution in [0.25, 0.3) is 0 Å². The average molecular weight is 209 g/mol. The predicted octanol–water partition coefficient (Wildman–Crippen LogP) is 3.41. The summed E-state index contributed by atoms with van der Waals surface area (Å²) in [6.45, 7) is 9.82. The molecule has 0 aromatic rings. The van der Waals surface area contributed by atoms with E-state index in [4.69, 9.17) is 9.73 Å². The highest BCUT2D eigenvalue weighted by Crippen LogP contribution is 2.41. The maximum absolute atomic E-state index is 5.83. The van der Waals surface area contributed by atoms with Gasteiger partial charge in [-0.1, -0.05) is 40.5 Å². The molecular weight excluding hydrogens is 186 g/mol. The van der Waals surface area contributed by atoms with Gasteiger partial charge >= 0.3 is 0 Å². The van der Waals surface area contributed by atoms with Crippen LogP contribution in [0.15, 0.2) is 4.99 Å². The van der Waals surface area contributed by atoms with Gasteiger partial charge in [0.15, 0.2) is 5.90 Å². The molecule has 2 aliphatic rings. The molecule has 0 radical (unpaired) electrons. The normalized spacial score (nSPS) is 30.1. The van der Waals surface area contributed by atoms with Crippen molar-refractivity contribution in [2.45, 2.75) is 59.4 Å². The fraction of sp³-hybridized carbons (Fsp3) is 0.923. The van der Waals surface area contributed by atoms with Gasteiger partial charge in [-0.2, -0.15) is 0 Å². The number of ether oxygens (including phenoxy) is 1. The number of aliphatic imine (C=N–C) groups is 1. The van der Waals surface area contributed by atoms with Crippen LogP contribution >= 0.6 is 0 Å². The Kier molecular flexibility index (Phi) is 2.56. The summed E-state index contributed by atoms with van der Waals surface area (Å²) >= 11 is 0. The first-order valence-electron chi connectivity index (χ1n) is 6.13. The van der Waals surface area contributed by atoms with Crippen LogP contribution in [-0.4, -0.2) is 18.5 Å². The molecule has 0 saturated heterocycles. The predicted molar refractivity (Wildman–Crippen MR) is 63.2 cm³/mol. The molecule has 1 saturated carbocycles. The van der Waals surface area contributed by atoms with E-state index in [1.165, 1.54) is 25.7 Å². The molecule has 0 spiro atoms. The minimum atomic E-state index is 0.233. The van der Waals surface area contributed by atoms with E-state index in [0.29, 0.717) is 6.04 Å². The number of rotatable bonds is 1. The lowest BCUT2D eigenvalue weighted by molar-refractivity contribution is 0.219. The summed E-state index contributed by atoms with van der Waals surface area (Å²) in [6.07, 6.45) is 5.17. The summed E-state index contributed by atoms with van der Waals surface area (Å²) < 4.78 is 5.83. The zero-order chi connectivity index (χ0) is 11.1. The Morgan fingerprint density at radius 3 is 2.33 bits per heavy atom. The van der Waals surface area contributed by atoms with Gasteiger partial charge < -0.3 is 4.74 Å². The largest absolute Gasteiger partial charge is 0.478 e. The van der Waals surface area contributed by atoms with Crippen LogP contribution in [-0.2, 0) is 4.74 Å². The lowest BCUT2D eigenvalue weighted by Crippen LogP contribution is -2.25. The van der Waals surface area contributed by atoms with Crippen LogP contribution in [0.3, 0.4) is 0 Å². The van der Waals surface area contributed by atoms with Crippen molar-refractivity contribution >= 4 is 5.90 Å². The smallest absolute Gasteiger partial charge is 0.189 e. The van der Waals surface area contributed by atoms with E-state index in [-0.39, 0.29) is 10.8 Å². The molecule has 86 valence electrons. The quantitative estimate of drug-likeness (QED) is 0.648. The van der Waals surface area contributed by atoms with Crippen LogP contribution in [0.1, 0.15) is 53.4 Å². The molecule has 1 aliphatic heterocycles. The molecule has 0 aromatic carbocycles. The first kappa shape index (κ1) is 11.0. The maximum atomic E-state index is 5.83. The zero-order valence-electron chi connectivity index (χ0n) is 10.5. The molecule has 1 heterocycles. The summed E-state index contributed by atoms with van der Waals surface area (Å²) in [5.41, 5.74) is 0.483. The van der Waals surface area contributed by atoms with Crippen LogP contribution in [0, 0.1) is 10.8 Å². The fourth-order valence-corrected chi connectivity index (χ4v) is 2.52. The lowest BCUT2D eigenvalue weighted by Gasteiger charge is -2.22. The second-order valence-electron chi connectivity index (χ2n) is 6.39. The molecule has 2 nitrogen and oxygen atoms in total. The van der Waals surface area contributed by atoms with Gasteiger partial charge in [-0.3, -0.25) is 0 Å². The molecule has 2 rings (SSSR count). The van der Waals surface area contributed by atoms with E-state index in [0.717, 1.165) is 12.5 Å². The van der Waals surface area contributed by atoms with Gasteiger partial charge in [0.25, 0.3) is 0 Å². The summed E-state index contributed by atoms with van der Waals surface area (Å²) in [5, 5.41) is 0. The minimum Gasteiger partial charge on any atom is -0.478 e. The first-order valence-corrected chi connectivity index (χ1v) is 6.13. The highest BCUT2D eigenvalue weighted by atomic mass is 16.5. The Hall–Kier alpha value is -0.530. The summed E-state index contributed by atoms with van der Waals surface area (Å²) in [7, 11) is 0. The molecule has 1 aliphatic carbocycles. The Labute approximate surface area is 93.1 Å². The Morgan fingerprint density at radius 2 is 1.87 bits per heavy atom. The molecule has 15 heavy (non-hydrogen) atoms. The second-order valence-corrected chi connectivity index (χ2v) is 6.39. The SMILES string of the molecule is CC1(C2=N[C@@H](C(C)(C)C)CO2)CCCC1. The fourth-order valence-electron chi connectivity index (χ4n) is 2.52. The van der Waals surface area contributed by atoms with Gasteiger partial charge in [-0.05, 0) is 18.3 Å². The van der Waals surface area contributed by atoms with E-state index in [1.54, 1.807) is 0 Å². The Balaban J connectivity index is 2.12. The number of hydrogen-bond acceptors (Lipinski definition) is 2. The average Bonchev–Trinajstić information content (AvgIpc) is 2.69. The Morgan fingerprint density at radius 1 is 1.27 bits per heavy atom. The summed E-state index contributed by atoms with van der Waals surface area (Å²) in [5.74, 6) is 1.04. The topological polar surface area (TPSA) is 21.6 Å². The van der Waals surface area contributed by atoms with Crippen LogP contribution < -0.4 is 0 Å². The molecule has 2 heteroatoms. The molecule has 0 bridgehead atoms. The molecule has 1 atom stereocenters. The summed E-state index contributed by atoms with van der Waals surface area (Å²) in [6, 6.07) is 0.352. The first-order chi connectivity index (χ1) is 6.92. The molecule has 0 N–H and O–H groups in total. The van der Waals surface area contributed by atoms with Crippen LogP contribution in [0.2, 0.25) is 0 Å². The van der Waals surface area contributed by atoms with Crippen molar-refractivity contribution in [2.24, 2.45) is 15.8 Å². The highest BCUT2D eigenvalue weighted by Gasteiger charge is 2.41. The third kappa shape index (κ3) is 2.04. The number of hydrogen-bond donors (Lipinski definition) is 0.